The van der Waals surface area contributed by atoms with Crippen molar-refractivity contribution in [2.24, 2.45) is 11.5 Å². The fraction of sp³-hybridized carbons (Fsp3) is 0.449. The van der Waals surface area contributed by atoms with Gasteiger partial charge in [-0.25, -0.2) is 14.8 Å². The van der Waals surface area contributed by atoms with Gasteiger partial charge in [0.05, 0.1) is 25.3 Å². The number of nitrogens with two attached hydrogens (primary N) is 2. The van der Waals surface area contributed by atoms with Crippen molar-refractivity contribution in [1.82, 2.24) is 57.2 Å². The van der Waals surface area contributed by atoms with Gasteiger partial charge in [0.1, 0.15) is 42.3 Å². The third kappa shape index (κ3) is 21.0. The number of carbonyl (C=O) groups is 9. The first-order valence-corrected chi connectivity index (χ1v) is 25.6. The molecule has 0 aliphatic carbocycles. The molecule has 4 aromatic rings. The van der Waals surface area contributed by atoms with Gasteiger partial charge in [-0.2, -0.15) is 11.8 Å². The number of carbonyl (C=O) groups excluding carboxylic acids is 7. The number of benzene rings is 2. The minimum Gasteiger partial charge on any atom is -0.481 e. The molecule has 0 spiro atoms. The Kier molecular flexibility index (Phi) is 25.4. The van der Waals surface area contributed by atoms with Crippen molar-refractivity contribution in [1.29, 1.82) is 0 Å². The van der Waals surface area contributed by atoms with E-state index in [1.807, 2.05) is 6.26 Å². The molecule has 2 heterocycles. The molecule has 4 rings (SSSR count). The van der Waals surface area contributed by atoms with E-state index in [-0.39, 0.29) is 51.5 Å². The van der Waals surface area contributed by atoms with E-state index in [0.717, 1.165) is 0 Å². The van der Waals surface area contributed by atoms with Crippen LogP contribution < -0.4 is 48.7 Å². The minimum absolute atomic E-state index is 0.0170. The quantitative estimate of drug-likeness (QED) is 0.0224. The predicted molar refractivity (Wildman–Crippen MR) is 274 cm³/mol. The second kappa shape index (κ2) is 31.8. The highest BCUT2D eigenvalue weighted by atomic mass is 32.2. The van der Waals surface area contributed by atoms with Gasteiger partial charge in [-0.3, -0.25) is 38.4 Å². The van der Waals surface area contributed by atoms with Gasteiger partial charge in [-0.15, -0.1) is 0 Å². The second-order valence-corrected chi connectivity index (χ2v) is 18.5. The smallest absolute Gasteiger partial charge is 0.326 e. The molecule has 75 heavy (non-hydrogen) atoms. The van der Waals surface area contributed by atoms with Crippen molar-refractivity contribution in [2.75, 3.05) is 25.2 Å². The Balaban J connectivity index is 1.62. The summed E-state index contributed by atoms with van der Waals surface area (Å²) in [5.41, 5.74) is 13.7. The zero-order valence-corrected chi connectivity index (χ0v) is 42.2. The summed E-state index contributed by atoms with van der Waals surface area (Å²) in [5, 5.41) is 47.4. The average molecular weight is 1060 g/mol. The SMILES string of the molecule is CSCC[C@H](N)C(=O)N[C@@H](CCC(=O)O)C(=O)N[C@@H](Cc1ccccc1)C(=O)N[C@@H](Cc1cnc[nH]1)C(=O)N[C@@H](Cc1ccccc1)C(=O)N[C@@H](CCCCN)C(=O)N[C@@H](CO)C(=O)N[C@@H](Cc1cnc[nH]1)C(=O)O. The van der Waals surface area contributed by atoms with E-state index in [9.17, 15) is 58.5 Å². The zero-order chi connectivity index (χ0) is 54.7. The summed E-state index contributed by atoms with van der Waals surface area (Å²) in [4.78, 5) is 135. The molecule has 8 atom stereocenters. The first-order chi connectivity index (χ1) is 36.0. The fourth-order valence-corrected chi connectivity index (χ4v) is 8.03. The Morgan fingerprint density at radius 1 is 0.547 bits per heavy atom. The number of hydrogen-bond donors (Lipinski definition) is 14. The molecule has 0 radical (unpaired) electrons. The van der Waals surface area contributed by atoms with Crippen LogP contribution in [0.4, 0.5) is 0 Å². The summed E-state index contributed by atoms with van der Waals surface area (Å²) in [6.07, 6.45) is 6.76. The van der Waals surface area contributed by atoms with Gasteiger partial charge in [-0.1, -0.05) is 60.7 Å². The summed E-state index contributed by atoms with van der Waals surface area (Å²) < 4.78 is 0. The number of rotatable bonds is 34. The molecular weight excluding hydrogens is 995 g/mol. The monoisotopic (exact) mass is 1060 g/mol. The van der Waals surface area contributed by atoms with E-state index in [0.29, 0.717) is 41.1 Å². The van der Waals surface area contributed by atoms with Crippen LogP contribution in [0.2, 0.25) is 0 Å². The van der Waals surface area contributed by atoms with Gasteiger partial charge in [0, 0.05) is 55.9 Å². The van der Waals surface area contributed by atoms with Crippen molar-refractivity contribution in [3.63, 3.8) is 0 Å². The number of hydrogen-bond acceptors (Lipinski definition) is 15. The van der Waals surface area contributed by atoms with Crippen LogP contribution >= 0.6 is 11.8 Å². The van der Waals surface area contributed by atoms with Crippen LogP contribution in [0.1, 0.15) is 61.0 Å². The van der Waals surface area contributed by atoms with Crippen molar-refractivity contribution >= 4 is 65.1 Å². The van der Waals surface area contributed by atoms with Crippen molar-refractivity contribution in [2.45, 2.75) is 113 Å². The number of H-pyrrole nitrogens is 2. The van der Waals surface area contributed by atoms with E-state index < -0.39 is 115 Å². The molecule has 0 aliphatic rings. The molecule has 0 saturated heterocycles. The fourth-order valence-electron chi connectivity index (χ4n) is 7.54. The van der Waals surface area contributed by atoms with Crippen LogP contribution in [0.25, 0.3) is 0 Å². The Bertz CT molecular complexity index is 2450. The molecule has 25 nitrogen and oxygen atoms in total. The number of nitrogens with one attached hydrogen (secondary N) is 9. The van der Waals surface area contributed by atoms with Gasteiger partial charge < -0.3 is 74.0 Å². The number of unbranched alkanes of at least 4 members (excludes halogenated alkanes) is 1. The highest BCUT2D eigenvalue weighted by Crippen LogP contribution is 2.12. The Labute approximate surface area is 436 Å². The van der Waals surface area contributed by atoms with Crippen LogP contribution in [0, 0.1) is 0 Å². The third-order valence-electron chi connectivity index (χ3n) is 11.7. The van der Waals surface area contributed by atoms with E-state index in [1.54, 1.807) is 60.7 Å². The lowest BCUT2D eigenvalue weighted by Gasteiger charge is -2.28. The number of amides is 7. The first kappa shape index (κ1) is 59.9. The molecule has 2 aromatic heterocycles. The molecule has 2 aromatic carbocycles. The zero-order valence-electron chi connectivity index (χ0n) is 41.4. The third-order valence-corrected chi connectivity index (χ3v) is 12.3. The summed E-state index contributed by atoms with van der Waals surface area (Å²) in [7, 11) is 0. The summed E-state index contributed by atoms with van der Waals surface area (Å²) >= 11 is 1.46. The molecule has 7 amide bonds. The summed E-state index contributed by atoms with van der Waals surface area (Å²) in [6, 6.07) is 5.87. The van der Waals surface area contributed by atoms with Crippen LogP contribution in [0.15, 0.2) is 85.7 Å². The molecule has 0 bridgehead atoms. The molecule has 406 valence electrons. The van der Waals surface area contributed by atoms with Crippen LogP contribution in [-0.4, -0.2) is 162 Å². The van der Waals surface area contributed by atoms with Gasteiger partial charge in [0.15, 0.2) is 0 Å². The lowest BCUT2D eigenvalue weighted by Crippen LogP contribution is -2.61. The Morgan fingerprint density at radius 3 is 1.40 bits per heavy atom. The summed E-state index contributed by atoms with van der Waals surface area (Å²) in [6.45, 7) is -0.712. The number of thioether (sulfide) groups is 1. The van der Waals surface area contributed by atoms with Crippen molar-refractivity contribution in [3.8, 4) is 0 Å². The van der Waals surface area contributed by atoms with Crippen LogP contribution in [0.5, 0.6) is 0 Å². The normalized spacial score (nSPS) is 14.2. The predicted octanol–water partition coefficient (Wildman–Crippen LogP) is -2.05. The lowest BCUT2D eigenvalue weighted by molar-refractivity contribution is -0.142. The van der Waals surface area contributed by atoms with Gasteiger partial charge in [-0.05, 0) is 61.8 Å². The van der Waals surface area contributed by atoms with Gasteiger partial charge in [0.2, 0.25) is 41.4 Å². The minimum atomic E-state index is -1.65. The average Bonchev–Trinajstić information content (AvgIpc) is 4.12. The molecule has 0 aliphatic heterocycles. The Hall–Kier alpha value is -7.68. The number of imidazole rings is 2. The number of carboxylic acids is 2. The lowest BCUT2D eigenvalue weighted by atomic mass is 10.0. The van der Waals surface area contributed by atoms with Crippen LogP contribution in [-0.2, 0) is 68.8 Å². The van der Waals surface area contributed by atoms with Gasteiger partial charge in [0.25, 0.3) is 0 Å². The molecule has 0 unspecified atom stereocenters. The number of aromatic nitrogens is 4. The molecular formula is C49H67N13O12S. The van der Waals surface area contributed by atoms with Gasteiger partial charge >= 0.3 is 11.9 Å². The number of aromatic amines is 2. The number of aliphatic hydroxyl groups is 1. The maximum absolute atomic E-state index is 14.6. The number of aliphatic carboxylic acids is 2. The maximum atomic E-state index is 14.6. The van der Waals surface area contributed by atoms with Crippen molar-refractivity contribution in [3.05, 3.63) is 108 Å². The largest absolute Gasteiger partial charge is 0.481 e. The highest BCUT2D eigenvalue weighted by molar-refractivity contribution is 7.98. The standard InChI is InChI=1S/C49H67N13O12S/c1-75-19-17-33(51)42(66)56-35(15-16-41(64)65)44(68)58-37(21-30-12-6-3-7-13-30)46(70)60-38(22-31-24-52-27-54-31)47(71)59-36(20-29-10-4-2-5-11-29)45(69)57-34(14-8-9-18-50)43(67)62-40(26-63)48(72)61-39(49(73)74)23-32-25-53-28-55-32/h2-7,10-13,24-25,27-28,33-40,63H,8-9,14-23,26,50-51H2,1H3,(H,52,54)(H,53,55)(H,56,66)(H,57,69)(H,58,68)(H,59,71)(H,60,70)(H,61,72)(H,62,67)(H,64,65)(H,73,74)/t33-,34-,35-,36-,37-,38-,39-,40-/m0/s1. The molecule has 0 fully saturated rings. The molecule has 0 saturated carbocycles. The van der Waals surface area contributed by atoms with Crippen LogP contribution in [0.3, 0.4) is 0 Å². The van der Waals surface area contributed by atoms with E-state index in [4.69, 9.17) is 11.5 Å². The second-order valence-electron chi connectivity index (χ2n) is 17.5. The number of aliphatic hydroxyl groups excluding tert-OH is 1. The number of carboxylic acid groups (broad SMARTS) is 2. The van der Waals surface area contributed by atoms with E-state index in [2.05, 4.69) is 57.2 Å². The molecule has 26 heteroatoms. The number of nitrogens with zero attached hydrogens (tertiary/aromatic N) is 2. The topological polar surface area (TPSA) is 408 Å². The maximum Gasteiger partial charge on any atom is 0.326 e. The Morgan fingerprint density at radius 2 is 0.960 bits per heavy atom. The summed E-state index contributed by atoms with van der Waals surface area (Å²) in [5.74, 6) is -8.24. The van der Waals surface area contributed by atoms with Crippen molar-refractivity contribution < 1.29 is 58.5 Å². The molecule has 16 N–H and O–H groups in total. The van der Waals surface area contributed by atoms with E-state index in [1.165, 1.54) is 36.8 Å². The van der Waals surface area contributed by atoms with E-state index >= 15 is 0 Å². The highest BCUT2D eigenvalue weighted by Gasteiger charge is 2.35. The first-order valence-electron chi connectivity index (χ1n) is 24.2.